The fourth-order valence-corrected chi connectivity index (χ4v) is 0.586. The van der Waals surface area contributed by atoms with Crippen molar-refractivity contribution >= 4 is 0 Å². The summed E-state index contributed by atoms with van der Waals surface area (Å²) in [6.45, 7) is 5.02. The second-order valence-corrected chi connectivity index (χ2v) is 3.22. The lowest BCUT2D eigenvalue weighted by Gasteiger charge is -2.23. The Morgan fingerprint density at radius 2 is 1.75 bits per heavy atom. The largest absolute Gasteiger partial charge is 0.331 e. The molecule has 0 unspecified atom stereocenters. The van der Waals surface area contributed by atoms with Gasteiger partial charge in [0.05, 0.1) is 27.7 Å². The zero-order valence-corrected chi connectivity index (χ0v) is 6.28. The first-order valence-corrected chi connectivity index (χ1v) is 3.16. The van der Waals surface area contributed by atoms with Gasteiger partial charge in [0, 0.05) is 0 Å². The van der Waals surface area contributed by atoms with Crippen molar-refractivity contribution < 1.29 is 4.48 Å². The van der Waals surface area contributed by atoms with Crippen LogP contribution in [0.2, 0.25) is 0 Å². The summed E-state index contributed by atoms with van der Waals surface area (Å²) in [5.41, 5.74) is 0. The first-order chi connectivity index (χ1) is 3.56. The highest BCUT2D eigenvalue weighted by Crippen LogP contribution is 1.94. The van der Waals surface area contributed by atoms with E-state index in [2.05, 4.69) is 28.1 Å². The van der Waals surface area contributed by atoms with Crippen LogP contribution < -0.4 is 0 Å². The van der Waals surface area contributed by atoms with Crippen molar-refractivity contribution in [1.29, 1.82) is 0 Å². The van der Waals surface area contributed by atoms with E-state index in [1.54, 1.807) is 0 Å². The van der Waals surface area contributed by atoms with Gasteiger partial charge in [-0.1, -0.05) is 6.92 Å². The minimum absolute atomic E-state index is 1.06. The quantitative estimate of drug-likeness (QED) is 0.486. The Kier molecular flexibility index (Phi) is 3.06. The summed E-state index contributed by atoms with van der Waals surface area (Å²) in [5.74, 6) is 0. The van der Waals surface area contributed by atoms with E-state index in [0.717, 1.165) is 10.9 Å². The van der Waals surface area contributed by atoms with E-state index in [0.29, 0.717) is 0 Å². The highest BCUT2D eigenvalue weighted by molar-refractivity contribution is 4.37. The molecule has 0 amide bonds. The number of hydrogen-bond donors (Lipinski definition) is 0. The molecular weight excluding hydrogens is 98.1 g/mol. The molecule has 0 rings (SSSR count). The van der Waals surface area contributed by atoms with Gasteiger partial charge in [0.2, 0.25) is 0 Å². The van der Waals surface area contributed by atoms with Gasteiger partial charge < -0.3 is 4.48 Å². The molecule has 0 aliphatic heterocycles. The summed E-state index contributed by atoms with van der Waals surface area (Å²) in [6, 6.07) is 0. The number of quaternary nitrogens is 1. The Morgan fingerprint density at radius 3 is 1.88 bits per heavy atom. The summed E-state index contributed by atoms with van der Waals surface area (Å²) < 4.78 is 1.06. The molecule has 1 radical (unpaired) electrons. The van der Waals surface area contributed by atoms with E-state index in [1.165, 1.54) is 13.0 Å². The molecule has 0 N–H and O–H groups in total. The zero-order valence-electron chi connectivity index (χ0n) is 6.28. The molecule has 0 aliphatic carbocycles. The second kappa shape index (κ2) is 3.08. The predicted molar refractivity (Wildman–Crippen MR) is 37.5 cm³/mol. The molecule has 0 bridgehead atoms. The molecule has 0 aromatic carbocycles. The number of hydrogen-bond acceptors (Lipinski definition) is 0. The monoisotopic (exact) mass is 115 g/mol. The highest BCUT2D eigenvalue weighted by atomic mass is 15.3. The lowest BCUT2D eigenvalue weighted by atomic mass is 10.3. The van der Waals surface area contributed by atoms with E-state index in [4.69, 9.17) is 0 Å². The van der Waals surface area contributed by atoms with E-state index in [-0.39, 0.29) is 0 Å². The van der Waals surface area contributed by atoms with Gasteiger partial charge in [0.1, 0.15) is 0 Å². The standard InChI is InChI=1S/C7H17N/c1-5-6-7-8(2,3)4/h1,5-7H2,2-4H3/q+1. The minimum Gasteiger partial charge on any atom is -0.331 e. The molecule has 0 aromatic heterocycles. The van der Waals surface area contributed by atoms with Crippen molar-refractivity contribution in [3.8, 4) is 0 Å². The summed E-state index contributed by atoms with van der Waals surface area (Å²) in [6.07, 6.45) is 2.30. The SMILES string of the molecule is [CH2]CCC[N+](C)(C)C. The van der Waals surface area contributed by atoms with Gasteiger partial charge >= 0.3 is 0 Å². The Balaban J connectivity index is 3.11. The first-order valence-electron chi connectivity index (χ1n) is 3.16. The highest BCUT2D eigenvalue weighted by Gasteiger charge is 2.02. The van der Waals surface area contributed by atoms with Crippen LogP contribution in [0, 0.1) is 6.92 Å². The lowest BCUT2D eigenvalue weighted by Crippen LogP contribution is -2.35. The Labute approximate surface area is 52.9 Å². The van der Waals surface area contributed by atoms with Crippen LogP contribution >= 0.6 is 0 Å². The topological polar surface area (TPSA) is 0 Å². The molecule has 0 aliphatic rings. The lowest BCUT2D eigenvalue weighted by molar-refractivity contribution is -0.870. The molecule has 0 saturated heterocycles. The molecule has 0 fully saturated rings. The Bertz CT molecular complexity index is 51.9. The van der Waals surface area contributed by atoms with Crippen molar-refractivity contribution in [2.24, 2.45) is 0 Å². The van der Waals surface area contributed by atoms with Crippen molar-refractivity contribution in [2.75, 3.05) is 27.7 Å². The van der Waals surface area contributed by atoms with Crippen molar-refractivity contribution in [2.45, 2.75) is 12.8 Å². The second-order valence-electron chi connectivity index (χ2n) is 3.22. The van der Waals surface area contributed by atoms with Crippen LogP contribution in [0.25, 0.3) is 0 Å². The van der Waals surface area contributed by atoms with Gasteiger partial charge in [0.25, 0.3) is 0 Å². The van der Waals surface area contributed by atoms with E-state index >= 15 is 0 Å². The van der Waals surface area contributed by atoms with Gasteiger partial charge in [-0.05, 0) is 12.8 Å². The molecule has 0 atom stereocenters. The normalized spacial score (nSPS) is 12.0. The number of unbranched alkanes of at least 4 members (excludes halogenated alkanes) is 1. The third kappa shape index (κ3) is 5.96. The molecule has 0 heterocycles. The molecule has 49 valence electrons. The maximum atomic E-state index is 3.78. The van der Waals surface area contributed by atoms with Crippen LogP contribution in [0.3, 0.4) is 0 Å². The van der Waals surface area contributed by atoms with Crippen LogP contribution in [0.15, 0.2) is 0 Å². The van der Waals surface area contributed by atoms with Crippen molar-refractivity contribution in [3.05, 3.63) is 6.92 Å². The minimum atomic E-state index is 1.06. The van der Waals surface area contributed by atoms with Crippen molar-refractivity contribution in [3.63, 3.8) is 0 Å². The fourth-order valence-electron chi connectivity index (χ4n) is 0.586. The Morgan fingerprint density at radius 1 is 1.25 bits per heavy atom. The molecule has 1 nitrogen and oxygen atoms in total. The summed E-state index contributed by atoms with van der Waals surface area (Å²) >= 11 is 0. The molecule has 1 heteroatoms. The Hall–Kier alpha value is -0.0400. The van der Waals surface area contributed by atoms with E-state index in [1.807, 2.05) is 0 Å². The first kappa shape index (κ1) is 7.96. The van der Waals surface area contributed by atoms with Crippen LogP contribution in [0.1, 0.15) is 12.8 Å². The van der Waals surface area contributed by atoms with Crippen LogP contribution in [0.4, 0.5) is 0 Å². The maximum absolute atomic E-state index is 3.78. The summed E-state index contributed by atoms with van der Waals surface area (Å²) in [5, 5.41) is 0. The predicted octanol–water partition coefficient (Wildman–Crippen LogP) is 1.31. The average Bonchev–Trinajstić information content (AvgIpc) is 1.59. The summed E-state index contributed by atoms with van der Waals surface area (Å²) in [7, 11) is 6.61. The number of rotatable bonds is 3. The molecule has 0 saturated carbocycles. The van der Waals surface area contributed by atoms with Gasteiger partial charge in [-0.2, -0.15) is 0 Å². The third-order valence-electron chi connectivity index (χ3n) is 1.08. The zero-order chi connectivity index (χ0) is 6.62. The molecule has 8 heavy (non-hydrogen) atoms. The van der Waals surface area contributed by atoms with Crippen LogP contribution in [0.5, 0.6) is 0 Å². The van der Waals surface area contributed by atoms with Crippen LogP contribution in [-0.2, 0) is 0 Å². The molecular formula is C7H17N+. The molecule has 0 spiro atoms. The maximum Gasteiger partial charge on any atom is 0.0780 e. The van der Waals surface area contributed by atoms with E-state index < -0.39 is 0 Å². The van der Waals surface area contributed by atoms with Gasteiger partial charge in [-0.15, -0.1) is 0 Å². The van der Waals surface area contributed by atoms with Crippen LogP contribution in [-0.4, -0.2) is 32.2 Å². The smallest absolute Gasteiger partial charge is 0.0780 e. The van der Waals surface area contributed by atoms with Gasteiger partial charge in [-0.25, -0.2) is 0 Å². The third-order valence-corrected chi connectivity index (χ3v) is 1.08. The average molecular weight is 115 g/mol. The number of nitrogens with zero attached hydrogens (tertiary/aromatic N) is 1. The summed E-state index contributed by atoms with van der Waals surface area (Å²) in [4.78, 5) is 0. The van der Waals surface area contributed by atoms with Gasteiger partial charge in [0.15, 0.2) is 0 Å². The van der Waals surface area contributed by atoms with E-state index in [9.17, 15) is 0 Å². The molecule has 0 aromatic rings. The van der Waals surface area contributed by atoms with Gasteiger partial charge in [-0.3, -0.25) is 0 Å². The van der Waals surface area contributed by atoms with Crippen molar-refractivity contribution in [1.82, 2.24) is 0 Å². The fraction of sp³-hybridized carbons (Fsp3) is 0.857.